The number of nitrogens with zero attached hydrogens (tertiary/aromatic N) is 1. The summed E-state index contributed by atoms with van der Waals surface area (Å²) in [6.07, 6.45) is 12.6. The molecule has 1 rings (SSSR count). The van der Waals surface area contributed by atoms with Crippen LogP contribution in [0.25, 0.3) is 0 Å². The highest BCUT2D eigenvalue weighted by molar-refractivity contribution is 4.73. The van der Waals surface area contributed by atoms with Crippen molar-refractivity contribution in [3.63, 3.8) is 0 Å². The van der Waals surface area contributed by atoms with Gasteiger partial charge in [-0.2, -0.15) is 0 Å². The molecule has 1 N–H and O–H groups in total. The van der Waals surface area contributed by atoms with Crippen molar-refractivity contribution in [3.05, 3.63) is 0 Å². The second kappa shape index (κ2) is 8.93. The SMILES string of the molecule is CCC(CCCN(C)C1CCCCCC1)NC. The molecular formula is C15H32N2. The quantitative estimate of drug-likeness (QED) is 0.686. The predicted molar refractivity (Wildman–Crippen MR) is 76.5 cm³/mol. The van der Waals surface area contributed by atoms with E-state index in [0.717, 1.165) is 12.1 Å². The summed E-state index contributed by atoms with van der Waals surface area (Å²) < 4.78 is 0. The minimum atomic E-state index is 0.720. The number of hydrogen-bond donors (Lipinski definition) is 1. The molecular weight excluding hydrogens is 208 g/mol. The van der Waals surface area contributed by atoms with Crippen molar-refractivity contribution in [2.75, 3.05) is 20.6 Å². The van der Waals surface area contributed by atoms with E-state index in [1.807, 2.05) is 0 Å². The molecule has 0 radical (unpaired) electrons. The minimum absolute atomic E-state index is 0.720. The molecule has 0 bridgehead atoms. The molecule has 1 aliphatic rings. The Morgan fingerprint density at radius 2 is 1.82 bits per heavy atom. The molecule has 0 saturated heterocycles. The van der Waals surface area contributed by atoms with Crippen molar-refractivity contribution >= 4 is 0 Å². The smallest absolute Gasteiger partial charge is 0.00922 e. The van der Waals surface area contributed by atoms with Crippen LogP contribution in [-0.2, 0) is 0 Å². The summed E-state index contributed by atoms with van der Waals surface area (Å²) in [5.74, 6) is 0. The predicted octanol–water partition coefficient (Wildman–Crippen LogP) is 3.42. The van der Waals surface area contributed by atoms with Gasteiger partial charge >= 0.3 is 0 Å². The lowest BCUT2D eigenvalue weighted by Crippen LogP contribution is -2.33. The van der Waals surface area contributed by atoms with E-state index in [1.54, 1.807) is 0 Å². The highest BCUT2D eigenvalue weighted by Gasteiger charge is 2.16. The van der Waals surface area contributed by atoms with Crippen molar-refractivity contribution in [1.29, 1.82) is 0 Å². The Kier molecular flexibility index (Phi) is 7.87. The lowest BCUT2D eigenvalue weighted by atomic mass is 10.1. The highest BCUT2D eigenvalue weighted by Crippen LogP contribution is 2.21. The third-order valence-corrected chi connectivity index (χ3v) is 4.41. The maximum atomic E-state index is 3.40. The van der Waals surface area contributed by atoms with Crippen LogP contribution in [-0.4, -0.2) is 37.6 Å². The summed E-state index contributed by atoms with van der Waals surface area (Å²) in [6.45, 7) is 3.55. The maximum absolute atomic E-state index is 3.40. The highest BCUT2D eigenvalue weighted by atomic mass is 15.1. The van der Waals surface area contributed by atoms with Crippen LogP contribution >= 0.6 is 0 Å². The summed E-state index contributed by atoms with van der Waals surface area (Å²) in [4.78, 5) is 2.62. The molecule has 1 saturated carbocycles. The Morgan fingerprint density at radius 3 is 2.35 bits per heavy atom. The fourth-order valence-electron chi connectivity index (χ4n) is 3.02. The van der Waals surface area contributed by atoms with Gasteiger partial charge in [-0.15, -0.1) is 0 Å². The first-order valence-corrected chi connectivity index (χ1v) is 7.65. The molecule has 1 fully saturated rings. The van der Waals surface area contributed by atoms with Crippen LogP contribution in [0.5, 0.6) is 0 Å². The fourth-order valence-corrected chi connectivity index (χ4v) is 3.02. The molecule has 0 spiro atoms. The van der Waals surface area contributed by atoms with Gasteiger partial charge in [-0.1, -0.05) is 32.6 Å². The molecule has 0 aliphatic heterocycles. The van der Waals surface area contributed by atoms with E-state index < -0.39 is 0 Å². The summed E-state index contributed by atoms with van der Waals surface area (Å²) in [5.41, 5.74) is 0. The Bertz CT molecular complexity index is 170. The van der Waals surface area contributed by atoms with Crippen LogP contribution in [0.2, 0.25) is 0 Å². The average molecular weight is 240 g/mol. The van der Waals surface area contributed by atoms with Crippen LogP contribution in [0.15, 0.2) is 0 Å². The largest absolute Gasteiger partial charge is 0.317 e. The van der Waals surface area contributed by atoms with Crippen LogP contribution in [0.1, 0.15) is 64.7 Å². The standard InChI is InChI=1S/C15H32N2/c1-4-14(16-2)10-9-13-17(3)15-11-7-5-6-8-12-15/h14-16H,4-13H2,1-3H3. The van der Waals surface area contributed by atoms with Crippen molar-refractivity contribution in [2.24, 2.45) is 0 Å². The Hall–Kier alpha value is -0.0800. The summed E-state index contributed by atoms with van der Waals surface area (Å²) in [5, 5.41) is 3.40. The second-order valence-electron chi connectivity index (χ2n) is 5.66. The van der Waals surface area contributed by atoms with E-state index >= 15 is 0 Å². The van der Waals surface area contributed by atoms with E-state index in [1.165, 1.54) is 64.3 Å². The molecule has 0 aromatic rings. The van der Waals surface area contributed by atoms with Gasteiger partial charge in [0.2, 0.25) is 0 Å². The van der Waals surface area contributed by atoms with Crippen molar-refractivity contribution < 1.29 is 0 Å². The van der Waals surface area contributed by atoms with E-state index in [2.05, 4.69) is 31.2 Å². The van der Waals surface area contributed by atoms with E-state index in [9.17, 15) is 0 Å². The lowest BCUT2D eigenvalue weighted by Gasteiger charge is -2.27. The molecule has 0 heterocycles. The first-order chi connectivity index (χ1) is 8.27. The van der Waals surface area contributed by atoms with Crippen molar-refractivity contribution in [2.45, 2.75) is 76.8 Å². The van der Waals surface area contributed by atoms with E-state index in [-0.39, 0.29) is 0 Å². The third kappa shape index (κ3) is 5.87. The van der Waals surface area contributed by atoms with Gasteiger partial charge in [0, 0.05) is 12.1 Å². The lowest BCUT2D eigenvalue weighted by molar-refractivity contribution is 0.214. The van der Waals surface area contributed by atoms with Gasteiger partial charge in [-0.05, 0) is 52.7 Å². The zero-order valence-corrected chi connectivity index (χ0v) is 12.2. The molecule has 102 valence electrons. The summed E-state index contributed by atoms with van der Waals surface area (Å²) in [7, 11) is 4.42. The maximum Gasteiger partial charge on any atom is 0.00922 e. The summed E-state index contributed by atoms with van der Waals surface area (Å²) in [6, 6.07) is 1.59. The molecule has 17 heavy (non-hydrogen) atoms. The van der Waals surface area contributed by atoms with Crippen LogP contribution in [0.4, 0.5) is 0 Å². The second-order valence-corrected chi connectivity index (χ2v) is 5.66. The van der Waals surface area contributed by atoms with Gasteiger partial charge in [-0.3, -0.25) is 0 Å². The normalized spacial score (nSPS) is 20.5. The average Bonchev–Trinajstić information content (AvgIpc) is 2.63. The van der Waals surface area contributed by atoms with Crippen LogP contribution in [0.3, 0.4) is 0 Å². The van der Waals surface area contributed by atoms with Gasteiger partial charge in [-0.25, -0.2) is 0 Å². The fraction of sp³-hybridized carbons (Fsp3) is 1.00. The summed E-state index contributed by atoms with van der Waals surface area (Å²) >= 11 is 0. The molecule has 2 nitrogen and oxygen atoms in total. The molecule has 0 amide bonds. The van der Waals surface area contributed by atoms with E-state index in [0.29, 0.717) is 0 Å². The molecule has 1 unspecified atom stereocenters. The van der Waals surface area contributed by atoms with Gasteiger partial charge in [0.15, 0.2) is 0 Å². The van der Waals surface area contributed by atoms with Crippen molar-refractivity contribution in [3.8, 4) is 0 Å². The Labute approximate surface area is 108 Å². The zero-order chi connectivity index (χ0) is 12.5. The van der Waals surface area contributed by atoms with Crippen molar-refractivity contribution in [1.82, 2.24) is 10.2 Å². The number of rotatable bonds is 7. The third-order valence-electron chi connectivity index (χ3n) is 4.41. The van der Waals surface area contributed by atoms with Gasteiger partial charge in [0.05, 0.1) is 0 Å². The Balaban J connectivity index is 2.16. The van der Waals surface area contributed by atoms with Gasteiger partial charge in [0.25, 0.3) is 0 Å². The molecule has 1 aliphatic carbocycles. The van der Waals surface area contributed by atoms with Gasteiger partial charge < -0.3 is 10.2 Å². The first-order valence-electron chi connectivity index (χ1n) is 7.65. The monoisotopic (exact) mass is 240 g/mol. The molecule has 0 aromatic heterocycles. The Morgan fingerprint density at radius 1 is 1.18 bits per heavy atom. The molecule has 1 atom stereocenters. The number of nitrogens with one attached hydrogen (secondary N) is 1. The topological polar surface area (TPSA) is 15.3 Å². The first kappa shape index (κ1) is 15.0. The zero-order valence-electron chi connectivity index (χ0n) is 12.2. The van der Waals surface area contributed by atoms with E-state index in [4.69, 9.17) is 0 Å². The van der Waals surface area contributed by atoms with Crippen LogP contribution in [0, 0.1) is 0 Å². The number of hydrogen-bond acceptors (Lipinski definition) is 2. The minimum Gasteiger partial charge on any atom is -0.317 e. The van der Waals surface area contributed by atoms with Gasteiger partial charge in [0.1, 0.15) is 0 Å². The van der Waals surface area contributed by atoms with Crippen LogP contribution < -0.4 is 5.32 Å². The molecule has 0 aromatic carbocycles. The molecule has 2 heteroatoms.